The van der Waals surface area contributed by atoms with Gasteiger partial charge in [-0.1, -0.05) is 18.2 Å². The number of benzene rings is 1. The van der Waals surface area contributed by atoms with E-state index >= 15 is 0 Å². The minimum atomic E-state index is -3.72. The van der Waals surface area contributed by atoms with Gasteiger partial charge in [0.1, 0.15) is 14.8 Å². The van der Waals surface area contributed by atoms with Crippen LogP contribution in [0.5, 0.6) is 0 Å². The molecule has 5 rings (SSSR count). The van der Waals surface area contributed by atoms with Crippen molar-refractivity contribution in [3.8, 4) is 10.7 Å². The predicted molar refractivity (Wildman–Crippen MR) is 130 cm³/mol. The Hall–Kier alpha value is -2.65. The first-order valence-electron chi connectivity index (χ1n) is 11.3. The second kappa shape index (κ2) is 8.29. The number of carbonyl (C=O) groups excluding carboxylic acids is 1. The number of carbonyl (C=O) groups is 1. The van der Waals surface area contributed by atoms with Crippen LogP contribution in [-0.2, 0) is 23.5 Å². The third-order valence-electron chi connectivity index (χ3n) is 6.75. The van der Waals surface area contributed by atoms with Crippen LogP contribution in [0.2, 0.25) is 0 Å². The third-order valence-corrected chi connectivity index (χ3v) is 9.85. The number of amides is 1. The Morgan fingerprint density at radius 1 is 1.06 bits per heavy atom. The fraction of sp³-hybridized carbons (Fsp3) is 0.417. The van der Waals surface area contributed by atoms with Gasteiger partial charge in [0.2, 0.25) is 0 Å². The standard InChI is InChI=1S/C24H28N4O3S2/c1-16-22(24(29)27-12-7-4-8-13-27)32-23(25-16)20-15-21(17(2)26(20)3)33(30,31)28-14-11-18-9-5-6-10-19(18)28/h5-6,9-10,15H,4,7-8,11-14H2,1-3H3. The summed E-state index contributed by atoms with van der Waals surface area (Å²) in [6, 6.07) is 9.36. The Labute approximate surface area is 198 Å². The summed E-state index contributed by atoms with van der Waals surface area (Å²) in [5, 5.41) is 0.668. The molecule has 174 valence electrons. The Morgan fingerprint density at radius 2 is 1.79 bits per heavy atom. The Bertz CT molecular complexity index is 1330. The number of aromatic nitrogens is 2. The molecule has 4 heterocycles. The zero-order chi connectivity index (χ0) is 23.3. The summed E-state index contributed by atoms with van der Waals surface area (Å²) in [6.07, 6.45) is 3.95. The number of fused-ring (bicyclic) bond motifs is 1. The van der Waals surface area contributed by atoms with Crippen LogP contribution in [0, 0.1) is 13.8 Å². The van der Waals surface area contributed by atoms with E-state index in [1.165, 1.54) is 15.6 Å². The molecule has 3 aromatic rings. The number of sulfonamides is 1. The highest BCUT2D eigenvalue weighted by atomic mass is 32.2. The molecule has 0 N–H and O–H groups in total. The van der Waals surface area contributed by atoms with Crippen molar-refractivity contribution in [2.24, 2.45) is 7.05 Å². The largest absolute Gasteiger partial charge is 0.345 e. The van der Waals surface area contributed by atoms with E-state index in [1.54, 1.807) is 6.07 Å². The van der Waals surface area contributed by atoms with Gasteiger partial charge in [-0.3, -0.25) is 9.10 Å². The minimum absolute atomic E-state index is 0.0309. The van der Waals surface area contributed by atoms with Crippen LogP contribution < -0.4 is 4.31 Å². The Morgan fingerprint density at radius 3 is 2.55 bits per heavy atom. The van der Waals surface area contributed by atoms with Gasteiger partial charge in [0.15, 0.2) is 0 Å². The van der Waals surface area contributed by atoms with Gasteiger partial charge in [-0.2, -0.15) is 0 Å². The van der Waals surface area contributed by atoms with Crippen LogP contribution in [-0.4, -0.2) is 48.4 Å². The first kappa shape index (κ1) is 22.2. The molecule has 0 aliphatic carbocycles. The average Bonchev–Trinajstić information content (AvgIpc) is 3.50. The van der Waals surface area contributed by atoms with Crippen molar-refractivity contribution in [2.75, 3.05) is 23.9 Å². The van der Waals surface area contributed by atoms with Crippen molar-refractivity contribution in [1.82, 2.24) is 14.5 Å². The van der Waals surface area contributed by atoms with E-state index in [0.29, 0.717) is 39.9 Å². The van der Waals surface area contributed by atoms with Crippen molar-refractivity contribution >= 4 is 33.0 Å². The van der Waals surface area contributed by atoms with E-state index in [0.717, 1.165) is 43.6 Å². The summed E-state index contributed by atoms with van der Waals surface area (Å²) in [7, 11) is -1.86. The van der Waals surface area contributed by atoms with Crippen molar-refractivity contribution in [3.63, 3.8) is 0 Å². The van der Waals surface area contributed by atoms with E-state index in [4.69, 9.17) is 0 Å². The number of thiazole rings is 1. The zero-order valence-electron chi connectivity index (χ0n) is 19.2. The number of hydrogen-bond donors (Lipinski definition) is 0. The maximum absolute atomic E-state index is 13.6. The van der Waals surface area contributed by atoms with E-state index < -0.39 is 10.0 Å². The maximum Gasteiger partial charge on any atom is 0.266 e. The van der Waals surface area contributed by atoms with Crippen LogP contribution in [0.1, 0.15) is 45.9 Å². The van der Waals surface area contributed by atoms with E-state index in [2.05, 4.69) is 4.98 Å². The number of nitrogens with zero attached hydrogens (tertiary/aromatic N) is 4. The monoisotopic (exact) mass is 484 g/mol. The summed E-state index contributed by atoms with van der Waals surface area (Å²) in [5.74, 6) is 0.0309. The van der Waals surface area contributed by atoms with Crippen molar-refractivity contribution in [3.05, 3.63) is 52.2 Å². The number of aryl methyl sites for hydroxylation is 1. The molecular formula is C24H28N4O3S2. The lowest BCUT2D eigenvalue weighted by Gasteiger charge is -2.26. The highest BCUT2D eigenvalue weighted by Crippen LogP contribution is 2.37. The van der Waals surface area contributed by atoms with Gasteiger partial charge in [0.05, 0.1) is 17.1 Å². The number of piperidine rings is 1. The van der Waals surface area contributed by atoms with E-state index in [9.17, 15) is 13.2 Å². The highest BCUT2D eigenvalue weighted by molar-refractivity contribution is 7.93. The number of hydrogen-bond acceptors (Lipinski definition) is 5. The Kier molecular flexibility index (Phi) is 5.56. The molecule has 2 aliphatic heterocycles. The third kappa shape index (κ3) is 3.67. The van der Waals surface area contributed by atoms with Gasteiger partial charge in [0.25, 0.3) is 15.9 Å². The first-order chi connectivity index (χ1) is 15.8. The minimum Gasteiger partial charge on any atom is -0.345 e. The molecular weight excluding hydrogens is 456 g/mol. The van der Waals surface area contributed by atoms with Gasteiger partial charge in [0, 0.05) is 32.4 Å². The van der Waals surface area contributed by atoms with Crippen molar-refractivity contribution < 1.29 is 13.2 Å². The normalized spacial score (nSPS) is 16.3. The second-order valence-corrected chi connectivity index (χ2v) is 11.6. The predicted octanol–water partition coefficient (Wildman–Crippen LogP) is 4.14. The molecule has 0 saturated carbocycles. The molecule has 9 heteroatoms. The van der Waals surface area contributed by atoms with Crippen molar-refractivity contribution in [1.29, 1.82) is 0 Å². The maximum atomic E-state index is 13.6. The highest BCUT2D eigenvalue weighted by Gasteiger charge is 2.34. The molecule has 1 amide bonds. The molecule has 7 nitrogen and oxygen atoms in total. The Balaban J connectivity index is 1.51. The summed E-state index contributed by atoms with van der Waals surface area (Å²) in [4.78, 5) is 20.6. The van der Waals surface area contributed by atoms with Crippen LogP contribution in [0.25, 0.3) is 10.7 Å². The topological polar surface area (TPSA) is 75.5 Å². The van der Waals surface area contributed by atoms with Crippen LogP contribution in [0.4, 0.5) is 5.69 Å². The zero-order valence-corrected chi connectivity index (χ0v) is 20.8. The number of likely N-dealkylation sites (tertiary alicyclic amines) is 1. The van der Waals surface area contributed by atoms with E-state index in [-0.39, 0.29) is 10.8 Å². The molecule has 1 aromatic carbocycles. The summed E-state index contributed by atoms with van der Waals surface area (Å²) >= 11 is 1.35. The fourth-order valence-electron chi connectivity index (χ4n) is 4.76. The molecule has 0 radical (unpaired) electrons. The van der Waals surface area contributed by atoms with Gasteiger partial charge < -0.3 is 9.47 Å². The summed E-state index contributed by atoms with van der Waals surface area (Å²) in [6.45, 7) is 5.68. The van der Waals surface area contributed by atoms with Gasteiger partial charge in [-0.15, -0.1) is 11.3 Å². The molecule has 0 spiro atoms. The molecule has 33 heavy (non-hydrogen) atoms. The van der Waals surface area contributed by atoms with E-state index in [1.807, 2.05) is 54.6 Å². The second-order valence-electron chi connectivity index (χ2n) is 8.78. The van der Waals surface area contributed by atoms with Crippen molar-refractivity contribution in [2.45, 2.75) is 44.4 Å². The SMILES string of the molecule is Cc1nc(-c2cc(S(=O)(=O)N3CCc4ccccc43)c(C)n2C)sc1C(=O)N1CCCCC1. The lowest BCUT2D eigenvalue weighted by atomic mass is 10.1. The van der Waals surface area contributed by atoms with Crippen LogP contribution in [0.3, 0.4) is 0 Å². The molecule has 0 atom stereocenters. The fourth-order valence-corrected chi connectivity index (χ4v) is 7.62. The van der Waals surface area contributed by atoms with Gasteiger partial charge >= 0.3 is 0 Å². The average molecular weight is 485 g/mol. The molecule has 2 aliphatic rings. The van der Waals surface area contributed by atoms with Gasteiger partial charge in [-0.05, 0) is 57.2 Å². The molecule has 0 unspecified atom stereocenters. The van der Waals surface area contributed by atoms with Crippen LogP contribution >= 0.6 is 11.3 Å². The molecule has 0 bridgehead atoms. The summed E-state index contributed by atoms with van der Waals surface area (Å²) < 4.78 is 30.6. The smallest absolute Gasteiger partial charge is 0.266 e. The lowest BCUT2D eigenvalue weighted by Crippen LogP contribution is -2.35. The first-order valence-corrected chi connectivity index (χ1v) is 13.6. The number of para-hydroxylation sites is 1. The lowest BCUT2D eigenvalue weighted by molar-refractivity contribution is 0.0728. The molecule has 2 aromatic heterocycles. The molecule has 1 saturated heterocycles. The van der Waals surface area contributed by atoms with Crippen LogP contribution in [0.15, 0.2) is 35.2 Å². The number of rotatable bonds is 4. The van der Waals surface area contributed by atoms with Gasteiger partial charge in [-0.25, -0.2) is 13.4 Å². The molecule has 1 fully saturated rings. The quantitative estimate of drug-likeness (QED) is 0.558. The number of anilines is 1. The summed E-state index contributed by atoms with van der Waals surface area (Å²) in [5.41, 5.74) is 3.87.